The van der Waals surface area contributed by atoms with Gasteiger partial charge in [0.25, 0.3) is 5.91 Å². The quantitative estimate of drug-likeness (QED) is 0.736. The number of nitrogens with two attached hydrogens (primary N) is 1. The average molecular weight is 454 g/mol. The number of aryl methyl sites for hydroxylation is 1. The molecule has 9 heteroatoms. The molecule has 5 aliphatic rings. The molecule has 2 aromatic rings. The maximum absolute atomic E-state index is 13.3. The van der Waals surface area contributed by atoms with Crippen LogP contribution in [0.4, 0.5) is 5.69 Å². The number of ether oxygens (including phenoxy) is 1. The monoisotopic (exact) mass is 453 g/mol. The van der Waals surface area contributed by atoms with Crippen molar-refractivity contribution in [2.45, 2.75) is 70.1 Å². The van der Waals surface area contributed by atoms with E-state index in [0.717, 1.165) is 87.9 Å². The Balaban J connectivity index is 1.34. The summed E-state index contributed by atoms with van der Waals surface area (Å²) in [5, 5.41) is 7.86. The molecule has 0 spiro atoms. The highest BCUT2D eigenvalue weighted by molar-refractivity contribution is 6.05. The van der Waals surface area contributed by atoms with Gasteiger partial charge in [-0.25, -0.2) is 4.68 Å². The van der Waals surface area contributed by atoms with E-state index in [2.05, 4.69) is 10.2 Å². The van der Waals surface area contributed by atoms with Gasteiger partial charge in [0, 0.05) is 18.4 Å². The summed E-state index contributed by atoms with van der Waals surface area (Å²) in [6, 6.07) is -0.156. The molecule has 2 bridgehead atoms. The zero-order valence-electron chi connectivity index (χ0n) is 18.8. The molecule has 2 amide bonds. The van der Waals surface area contributed by atoms with Crippen molar-refractivity contribution in [3.05, 3.63) is 23.2 Å². The number of piperidine rings is 3. The summed E-state index contributed by atoms with van der Waals surface area (Å²) < 4.78 is 13.8. The summed E-state index contributed by atoms with van der Waals surface area (Å²) in [6.07, 6.45) is 10.5. The normalized spacial score (nSPS) is 28.6. The average Bonchev–Trinajstić information content (AvgIpc) is 3.38. The summed E-state index contributed by atoms with van der Waals surface area (Å²) in [7, 11) is 0. The highest BCUT2D eigenvalue weighted by Crippen LogP contribution is 2.41. The minimum atomic E-state index is -0.673. The highest BCUT2D eigenvalue weighted by atomic mass is 16.5. The number of anilines is 1. The zero-order chi connectivity index (χ0) is 22.5. The summed E-state index contributed by atoms with van der Waals surface area (Å²) in [6.45, 7) is 2.66. The first-order valence-corrected chi connectivity index (χ1v) is 12.3. The van der Waals surface area contributed by atoms with Gasteiger partial charge in [0.15, 0.2) is 0 Å². The molecular weight excluding hydrogens is 422 g/mol. The molecule has 2 aromatic heterocycles. The van der Waals surface area contributed by atoms with Crippen LogP contribution in [-0.2, 0) is 22.4 Å². The SMILES string of the molecule is NC(=O)c1oc2c(c1NC(=O)C1CC3CCN1CC3)CCCc1nn(C3CCCCO3)cc1-2. The van der Waals surface area contributed by atoms with E-state index in [0.29, 0.717) is 23.8 Å². The number of fused-ring (bicyclic) bond motifs is 6. The molecule has 2 unspecified atom stereocenters. The van der Waals surface area contributed by atoms with Crippen molar-refractivity contribution < 1.29 is 18.7 Å². The highest BCUT2D eigenvalue weighted by Gasteiger charge is 2.39. The Morgan fingerprint density at radius 1 is 1.12 bits per heavy atom. The van der Waals surface area contributed by atoms with Crippen molar-refractivity contribution in [3.8, 4) is 11.3 Å². The number of carbonyl (C=O) groups is 2. The van der Waals surface area contributed by atoms with E-state index >= 15 is 0 Å². The third-order valence-corrected chi connectivity index (χ3v) is 7.77. The molecule has 9 nitrogen and oxygen atoms in total. The number of amides is 2. The molecule has 176 valence electrons. The van der Waals surface area contributed by atoms with Crippen molar-refractivity contribution in [1.82, 2.24) is 14.7 Å². The summed E-state index contributed by atoms with van der Waals surface area (Å²) in [4.78, 5) is 27.8. The Kier molecular flexibility index (Phi) is 5.25. The van der Waals surface area contributed by atoms with E-state index < -0.39 is 5.91 Å². The van der Waals surface area contributed by atoms with Gasteiger partial charge in [-0.2, -0.15) is 5.10 Å². The van der Waals surface area contributed by atoms with Gasteiger partial charge in [-0.3, -0.25) is 14.5 Å². The van der Waals surface area contributed by atoms with Crippen molar-refractivity contribution in [2.24, 2.45) is 11.7 Å². The van der Waals surface area contributed by atoms with E-state index in [1.165, 1.54) is 0 Å². The number of nitrogens with zero attached hydrogens (tertiary/aromatic N) is 3. The van der Waals surface area contributed by atoms with Crippen LogP contribution >= 0.6 is 0 Å². The number of hydrogen-bond donors (Lipinski definition) is 2. The first kappa shape index (κ1) is 20.9. The Morgan fingerprint density at radius 3 is 2.67 bits per heavy atom. The molecule has 3 N–H and O–H groups in total. The van der Waals surface area contributed by atoms with E-state index in [1.54, 1.807) is 0 Å². The second kappa shape index (κ2) is 8.29. The molecule has 0 aromatic carbocycles. The molecule has 33 heavy (non-hydrogen) atoms. The van der Waals surface area contributed by atoms with Gasteiger partial charge >= 0.3 is 0 Å². The van der Waals surface area contributed by atoms with Gasteiger partial charge in [-0.05, 0) is 76.8 Å². The standard InChI is InChI=1S/C24H31N5O4/c25-23(30)22-20(26-24(31)18-12-14-7-9-28(18)10-8-14)15-4-3-5-17-16(21(15)33-22)13-29(27-17)19-6-1-2-11-32-19/h13-14,18-19H,1-12H2,(H2,25,30)(H,26,31). The van der Waals surface area contributed by atoms with E-state index in [4.69, 9.17) is 20.0 Å². The first-order chi connectivity index (χ1) is 16.1. The summed E-state index contributed by atoms with van der Waals surface area (Å²) in [5.74, 6) is 0.492. The predicted octanol–water partition coefficient (Wildman–Crippen LogP) is 2.85. The molecule has 4 saturated heterocycles. The van der Waals surface area contributed by atoms with Gasteiger partial charge in [0.2, 0.25) is 11.7 Å². The fourth-order valence-electron chi connectivity index (χ4n) is 5.99. The second-order valence-corrected chi connectivity index (χ2v) is 9.84. The largest absolute Gasteiger partial charge is 0.448 e. The van der Waals surface area contributed by atoms with Crippen molar-refractivity contribution in [1.29, 1.82) is 0 Å². The molecule has 0 saturated carbocycles. The van der Waals surface area contributed by atoms with Crippen molar-refractivity contribution >= 4 is 17.5 Å². The number of furan rings is 1. The fraction of sp³-hybridized carbons (Fsp3) is 0.625. The smallest absolute Gasteiger partial charge is 0.286 e. The maximum atomic E-state index is 13.3. The van der Waals surface area contributed by atoms with Crippen LogP contribution in [0.5, 0.6) is 0 Å². The zero-order valence-corrected chi connectivity index (χ0v) is 18.8. The van der Waals surface area contributed by atoms with Crippen LogP contribution in [0.1, 0.15) is 73.0 Å². The number of primary amides is 1. The Hall–Kier alpha value is -2.65. The summed E-state index contributed by atoms with van der Waals surface area (Å²) >= 11 is 0. The van der Waals surface area contributed by atoms with Crippen LogP contribution in [-0.4, -0.2) is 52.2 Å². The van der Waals surface area contributed by atoms with E-state index in [1.807, 2.05) is 10.9 Å². The lowest BCUT2D eigenvalue weighted by atomic mass is 9.83. The Morgan fingerprint density at radius 2 is 1.97 bits per heavy atom. The lowest BCUT2D eigenvalue weighted by molar-refractivity contribution is -0.125. The van der Waals surface area contributed by atoms with Gasteiger partial charge in [0.1, 0.15) is 12.0 Å². The van der Waals surface area contributed by atoms with E-state index in [9.17, 15) is 9.59 Å². The van der Waals surface area contributed by atoms with Crippen LogP contribution in [0.2, 0.25) is 0 Å². The van der Waals surface area contributed by atoms with Crippen molar-refractivity contribution in [2.75, 3.05) is 25.0 Å². The van der Waals surface area contributed by atoms with E-state index in [-0.39, 0.29) is 23.9 Å². The number of aromatic nitrogens is 2. The van der Waals surface area contributed by atoms with Gasteiger partial charge in [-0.1, -0.05) is 0 Å². The lowest BCUT2D eigenvalue weighted by Gasteiger charge is -2.44. The van der Waals surface area contributed by atoms with Crippen LogP contribution in [0.15, 0.2) is 10.6 Å². The van der Waals surface area contributed by atoms with Gasteiger partial charge < -0.3 is 20.2 Å². The molecule has 4 aliphatic heterocycles. The fourth-order valence-corrected chi connectivity index (χ4v) is 5.99. The molecule has 7 rings (SSSR count). The Labute approximate surface area is 192 Å². The summed E-state index contributed by atoms with van der Waals surface area (Å²) in [5.41, 5.74) is 8.77. The first-order valence-electron chi connectivity index (χ1n) is 12.3. The predicted molar refractivity (Wildman–Crippen MR) is 121 cm³/mol. The van der Waals surface area contributed by atoms with Crippen LogP contribution in [0.25, 0.3) is 11.3 Å². The second-order valence-electron chi connectivity index (χ2n) is 9.84. The van der Waals surface area contributed by atoms with Gasteiger partial charge in [-0.15, -0.1) is 0 Å². The molecular formula is C24H31N5O4. The molecule has 2 atom stereocenters. The Bertz CT molecular complexity index is 1080. The van der Waals surface area contributed by atoms with Gasteiger partial charge in [0.05, 0.1) is 23.0 Å². The number of rotatable bonds is 4. The lowest BCUT2D eigenvalue weighted by Crippen LogP contribution is -2.53. The minimum absolute atomic E-state index is 0.0267. The number of carbonyl (C=O) groups excluding carboxylic acids is 2. The molecule has 6 heterocycles. The molecule has 1 aliphatic carbocycles. The number of nitrogens with one attached hydrogen (secondary N) is 1. The van der Waals surface area contributed by atoms with Crippen LogP contribution in [0, 0.1) is 5.92 Å². The number of hydrogen-bond acceptors (Lipinski definition) is 6. The third-order valence-electron chi connectivity index (χ3n) is 7.77. The van der Waals surface area contributed by atoms with Crippen molar-refractivity contribution in [3.63, 3.8) is 0 Å². The molecule has 0 radical (unpaired) electrons. The molecule has 4 fully saturated rings. The minimum Gasteiger partial charge on any atom is -0.448 e. The van der Waals surface area contributed by atoms with Crippen LogP contribution in [0.3, 0.4) is 0 Å². The maximum Gasteiger partial charge on any atom is 0.286 e. The topological polar surface area (TPSA) is 116 Å². The third kappa shape index (κ3) is 3.67. The van der Waals surface area contributed by atoms with Crippen LogP contribution < -0.4 is 11.1 Å².